The summed E-state index contributed by atoms with van der Waals surface area (Å²) in [6, 6.07) is 21.9. The van der Waals surface area contributed by atoms with Gasteiger partial charge >= 0.3 is 0 Å². The predicted molar refractivity (Wildman–Crippen MR) is 158 cm³/mol. The first-order valence-corrected chi connectivity index (χ1v) is 14.8. The van der Waals surface area contributed by atoms with E-state index in [-0.39, 0.29) is 5.91 Å². The highest BCUT2D eigenvalue weighted by atomic mass is 16.5. The summed E-state index contributed by atoms with van der Waals surface area (Å²) in [5.74, 6) is 0.788. The summed E-state index contributed by atoms with van der Waals surface area (Å²) in [6.45, 7) is 3.68. The molecule has 0 spiro atoms. The smallest absolute Gasteiger partial charge is 0.228 e. The van der Waals surface area contributed by atoms with Crippen molar-refractivity contribution < 1.29 is 14.1 Å². The van der Waals surface area contributed by atoms with Crippen LogP contribution in [0.15, 0.2) is 79.1 Å². The fraction of sp³-hybridized carbons (Fsp3) is 0.471. The monoisotopic (exact) mass is 515 g/mol. The van der Waals surface area contributed by atoms with Crippen molar-refractivity contribution in [3.63, 3.8) is 0 Å². The third-order valence-electron chi connectivity index (χ3n) is 7.00. The zero-order chi connectivity index (χ0) is 26.7. The summed E-state index contributed by atoms with van der Waals surface area (Å²) in [6.07, 6.45) is 20.3. The zero-order valence-corrected chi connectivity index (χ0v) is 23.4. The number of para-hydroxylation sites is 2. The topological polar surface area (TPSA) is 42.2 Å². The van der Waals surface area contributed by atoms with Crippen molar-refractivity contribution in [3.8, 4) is 5.75 Å². The van der Waals surface area contributed by atoms with Crippen molar-refractivity contribution in [1.29, 1.82) is 0 Å². The van der Waals surface area contributed by atoms with Gasteiger partial charge in [0.1, 0.15) is 5.75 Å². The molecule has 0 bridgehead atoms. The lowest BCUT2D eigenvalue weighted by molar-refractivity contribution is -0.688. The Balaban J connectivity index is 1.36. The number of carbonyl (C=O) groups is 1. The van der Waals surface area contributed by atoms with E-state index in [0.29, 0.717) is 19.6 Å². The minimum atomic E-state index is -0.0306. The van der Waals surface area contributed by atoms with Crippen LogP contribution >= 0.6 is 0 Å². The molecule has 0 atom stereocenters. The molecule has 0 saturated carbocycles. The number of hydrogen-bond donors (Lipinski definition) is 1. The fourth-order valence-electron chi connectivity index (χ4n) is 4.80. The minimum Gasteiger partial charge on any atom is -0.493 e. The van der Waals surface area contributed by atoms with E-state index in [1.54, 1.807) is 0 Å². The van der Waals surface area contributed by atoms with Gasteiger partial charge in [0.05, 0.1) is 18.7 Å². The number of amides is 1. The molecule has 0 saturated heterocycles. The molecule has 0 radical (unpaired) electrons. The van der Waals surface area contributed by atoms with Crippen LogP contribution in [0, 0.1) is 0 Å². The van der Waals surface area contributed by atoms with E-state index >= 15 is 0 Å². The Hall–Kier alpha value is -3.14. The standard InChI is InChI=1S/C34H46N2O2/c1-2-3-4-5-6-7-8-9-10-11-12-20-27-38-33-24-17-15-21-30(33)28-34(37)35-32-23-16-14-22-31(32)29-36-25-18-13-19-26-36/h13-19,21-26H,2-12,20,27-29H2,1H3/p+1. The van der Waals surface area contributed by atoms with Gasteiger partial charge in [-0.3, -0.25) is 4.79 Å². The first-order chi connectivity index (χ1) is 18.8. The molecule has 204 valence electrons. The number of hydrogen-bond acceptors (Lipinski definition) is 2. The van der Waals surface area contributed by atoms with Gasteiger partial charge in [-0.2, -0.15) is 0 Å². The second-order valence-corrected chi connectivity index (χ2v) is 10.3. The number of pyridine rings is 1. The fourth-order valence-corrected chi connectivity index (χ4v) is 4.80. The van der Waals surface area contributed by atoms with Crippen molar-refractivity contribution in [2.24, 2.45) is 0 Å². The minimum absolute atomic E-state index is 0.0306. The van der Waals surface area contributed by atoms with E-state index in [2.05, 4.69) is 22.9 Å². The van der Waals surface area contributed by atoms with Crippen LogP contribution < -0.4 is 14.6 Å². The largest absolute Gasteiger partial charge is 0.493 e. The molecule has 4 heteroatoms. The third-order valence-corrected chi connectivity index (χ3v) is 7.00. The Kier molecular flexibility index (Phi) is 14.1. The highest BCUT2D eigenvalue weighted by molar-refractivity contribution is 5.93. The Bertz CT molecular complexity index is 1050. The highest BCUT2D eigenvalue weighted by Crippen LogP contribution is 2.21. The molecule has 3 aromatic rings. The molecule has 0 aliphatic rings. The number of anilines is 1. The van der Waals surface area contributed by atoms with Crippen molar-refractivity contribution >= 4 is 11.6 Å². The number of ether oxygens (including phenoxy) is 1. The lowest BCUT2D eigenvalue weighted by atomic mass is 10.1. The van der Waals surface area contributed by atoms with Crippen LogP contribution in [0.2, 0.25) is 0 Å². The molecule has 0 aliphatic heterocycles. The van der Waals surface area contributed by atoms with Crippen LogP contribution in [0.25, 0.3) is 0 Å². The highest BCUT2D eigenvalue weighted by Gasteiger charge is 2.13. The zero-order valence-electron chi connectivity index (χ0n) is 23.4. The van der Waals surface area contributed by atoms with E-state index in [1.807, 2.05) is 73.1 Å². The normalized spacial score (nSPS) is 10.9. The van der Waals surface area contributed by atoms with Crippen LogP contribution in [0.1, 0.15) is 95.1 Å². The van der Waals surface area contributed by atoms with Gasteiger partial charge in [-0.15, -0.1) is 0 Å². The van der Waals surface area contributed by atoms with Crippen LogP contribution in [0.4, 0.5) is 5.69 Å². The van der Waals surface area contributed by atoms with Crippen LogP contribution in [-0.4, -0.2) is 12.5 Å². The molecule has 4 nitrogen and oxygen atoms in total. The molecule has 1 aromatic heterocycles. The molecule has 38 heavy (non-hydrogen) atoms. The van der Waals surface area contributed by atoms with Gasteiger partial charge in [-0.1, -0.05) is 120 Å². The van der Waals surface area contributed by atoms with Crippen molar-refractivity contribution in [2.75, 3.05) is 11.9 Å². The quantitative estimate of drug-likeness (QED) is 0.129. The van der Waals surface area contributed by atoms with E-state index in [9.17, 15) is 4.79 Å². The van der Waals surface area contributed by atoms with Gasteiger partial charge in [0.25, 0.3) is 0 Å². The van der Waals surface area contributed by atoms with Crippen molar-refractivity contribution in [1.82, 2.24) is 0 Å². The summed E-state index contributed by atoms with van der Waals surface area (Å²) in [5, 5.41) is 3.12. The summed E-state index contributed by atoms with van der Waals surface area (Å²) >= 11 is 0. The predicted octanol–water partition coefficient (Wildman–Crippen LogP) is 8.28. The summed E-state index contributed by atoms with van der Waals surface area (Å²) in [4.78, 5) is 13.0. The van der Waals surface area contributed by atoms with E-state index in [1.165, 1.54) is 70.6 Å². The lowest BCUT2D eigenvalue weighted by Gasteiger charge is -2.13. The van der Waals surface area contributed by atoms with Gasteiger partial charge in [0.15, 0.2) is 18.9 Å². The molecular weight excluding hydrogens is 468 g/mol. The molecule has 1 amide bonds. The lowest BCUT2D eigenvalue weighted by Crippen LogP contribution is -2.33. The second-order valence-electron chi connectivity index (χ2n) is 10.3. The molecule has 1 N–H and O–H groups in total. The van der Waals surface area contributed by atoms with Crippen LogP contribution in [0.5, 0.6) is 5.75 Å². The molecule has 1 heterocycles. The van der Waals surface area contributed by atoms with Gasteiger partial charge in [0, 0.05) is 23.3 Å². The first kappa shape index (κ1) is 29.4. The van der Waals surface area contributed by atoms with Gasteiger partial charge in [-0.25, -0.2) is 4.57 Å². The average molecular weight is 516 g/mol. The first-order valence-electron chi connectivity index (χ1n) is 14.8. The molecule has 3 rings (SSSR count). The summed E-state index contributed by atoms with van der Waals surface area (Å²) in [5.41, 5.74) is 2.86. The molecule has 0 aliphatic carbocycles. The van der Waals surface area contributed by atoms with Gasteiger partial charge in [-0.05, 0) is 18.6 Å². The maximum absolute atomic E-state index is 13.0. The number of rotatable bonds is 19. The number of unbranched alkanes of at least 4 members (excludes halogenated alkanes) is 11. The second kappa shape index (κ2) is 18.2. The summed E-state index contributed by atoms with van der Waals surface area (Å²) < 4.78 is 8.20. The van der Waals surface area contributed by atoms with Crippen molar-refractivity contribution in [3.05, 3.63) is 90.3 Å². The number of carbonyl (C=O) groups excluding carboxylic acids is 1. The number of nitrogens with one attached hydrogen (secondary N) is 1. The SMILES string of the molecule is CCCCCCCCCCCCCCOc1ccccc1CC(=O)Nc1ccccc1C[n+]1ccccc1. The molecule has 0 unspecified atom stereocenters. The molecular formula is C34H47N2O2+. The third kappa shape index (κ3) is 11.5. The Morgan fingerprint density at radius 3 is 1.95 bits per heavy atom. The van der Waals surface area contributed by atoms with Crippen LogP contribution in [0.3, 0.4) is 0 Å². The number of benzene rings is 2. The maximum Gasteiger partial charge on any atom is 0.228 e. The maximum atomic E-state index is 13.0. The Morgan fingerprint density at radius 1 is 0.684 bits per heavy atom. The van der Waals surface area contributed by atoms with E-state index in [0.717, 1.165) is 29.0 Å². The van der Waals surface area contributed by atoms with E-state index < -0.39 is 0 Å². The average Bonchev–Trinajstić information content (AvgIpc) is 2.94. The van der Waals surface area contributed by atoms with Crippen LogP contribution in [-0.2, 0) is 17.8 Å². The Labute approximate surface area is 230 Å². The van der Waals surface area contributed by atoms with Gasteiger partial charge in [0.2, 0.25) is 5.91 Å². The van der Waals surface area contributed by atoms with E-state index in [4.69, 9.17) is 4.74 Å². The van der Waals surface area contributed by atoms with Gasteiger partial charge < -0.3 is 10.1 Å². The molecule has 0 fully saturated rings. The summed E-state index contributed by atoms with van der Waals surface area (Å²) in [7, 11) is 0. The Morgan fingerprint density at radius 2 is 1.26 bits per heavy atom. The number of aromatic nitrogens is 1. The molecule has 2 aromatic carbocycles. The number of nitrogens with zero attached hydrogens (tertiary/aromatic N) is 1. The van der Waals surface area contributed by atoms with Crippen molar-refractivity contribution in [2.45, 2.75) is 96.9 Å².